The number of aromatic nitrogens is 4. The fourth-order valence-corrected chi connectivity index (χ4v) is 3.61. The molecular formula is C21H20N6O3. The van der Waals surface area contributed by atoms with Gasteiger partial charge in [0, 0.05) is 37.8 Å². The van der Waals surface area contributed by atoms with Crippen molar-refractivity contribution in [2.75, 3.05) is 31.1 Å². The zero-order chi connectivity index (χ0) is 20.3. The van der Waals surface area contributed by atoms with E-state index in [2.05, 4.69) is 30.1 Å². The Kier molecular flexibility index (Phi) is 4.86. The minimum absolute atomic E-state index is 0.205. The van der Waals surface area contributed by atoms with Crippen molar-refractivity contribution in [1.29, 1.82) is 0 Å². The molecule has 152 valence electrons. The van der Waals surface area contributed by atoms with Crippen LogP contribution in [-0.4, -0.2) is 51.4 Å². The van der Waals surface area contributed by atoms with Crippen molar-refractivity contribution in [2.45, 2.75) is 6.54 Å². The maximum absolute atomic E-state index is 11.9. The lowest BCUT2D eigenvalue weighted by atomic mass is 10.1. The summed E-state index contributed by atoms with van der Waals surface area (Å²) in [5, 5.41) is 10.8. The molecule has 9 nitrogen and oxygen atoms in total. The lowest BCUT2D eigenvalue weighted by Crippen LogP contribution is -2.46. The first-order chi connectivity index (χ1) is 14.8. The first kappa shape index (κ1) is 18.3. The average Bonchev–Trinajstić information content (AvgIpc) is 3.47. The SMILES string of the molecule is O=c1cc(N2CCN(Cc3nc(-c4ccco4)no3)CC2)c(-c2ccccc2)n[nH]1. The van der Waals surface area contributed by atoms with Gasteiger partial charge in [-0.05, 0) is 12.1 Å². The number of hydrogen-bond donors (Lipinski definition) is 1. The number of H-pyrrole nitrogens is 1. The number of furan rings is 1. The summed E-state index contributed by atoms with van der Waals surface area (Å²) in [6.45, 7) is 3.72. The van der Waals surface area contributed by atoms with Crippen molar-refractivity contribution in [3.63, 3.8) is 0 Å². The van der Waals surface area contributed by atoms with Gasteiger partial charge >= 0.3 is 0 Å². The van der Waals surface area contributed by atoms with Gasteiger partial charge in [-0.3, -0.25) is 9.69 Å². The highest BCUT2D eigenvalue weighted by Crippen LogP contribution is 2.28. The monoisotopic (exact) mass is 404 g/mol. The molecule has 30 heavy (non-hydrogen) atoms. The average molecular weight is 404 g/mol. The van der Waals surface area contributed by atoms with Crippen LogP contribution in [0.3, 0.4) is 0 Å². The third kappa shape index (κ3) is 3.74. The number of nitrogens with one attached hydrogen (secondary N) is 1. The van der Waals surface area contributed by atoms with Crippen LogP contribution < -0.4 is 10.5 Å². The topological polar surface area (TPSA) is 104 Å². The first-order valence-electron chi connectivity index (χ1n) is 9.75. The number of piperazine rings is 1. The third-order valence-electron chi connectivity index (χ3n) is 5.12. The van der Waals surface area contributed by atoms with Crippen LogP contribution in [0.1, 0.15) is 5.89 Å². The molecule has 3 aromatic heterocycles. The van der Waals surface area contributed by atoms with Crippen molar-refractivity contribution < 1.29 is 8.94 Å². The first-order valence-corrected chi connectivity index (χ1v) is 9.75. The predicted octanol–water partition coefficient (Wildman–Crippen LogP) is 2.40. The second kappa shape index (κ2) is 7.96. The number of benzene rings is 1. The van der Waals surface area contributed by atoms with Crippen LogP contribution in [0, 0.1) is 0 Å². The van der Waals surface area contributed by atoms with Crippen molar-refractivity contribution in [2.24, 2.45) is 0 Å². The van der Waals surface area contributed by atoms with Crippen LogP contribution in [-0.2, 0) is 6.54 Å². The highest BCUT2D eigenvalue weighted by Gasteiger charge is 2.23. The molecule has 0 amide bonds. The second-order valence-corrected chi connectivity index (χ2v) is 7.08. The van der Waals surface area contributed by atoms with Crippen LogP contribution in [0.5, 0.6) is 0 Å². The molecule has 1 fully saturated rings. The molecule has 4 heterocycles. The van der Waals surface area contributed by atoms with E-state index in [0.29, 0.717) is 24.0 Å². The van der Waals surface area contributed by atoms with E-state index in [9.17, 15) is 4.79 Å². The molecule has 0 saturated carbocycles. The molecule has 0 aliphatic carbocycles. The van der Waals surface area contributed by atoms with Crippen molar-refractivity contribution in [3.8, 4) is 22.8 Å². The largest absolute Gasteiger partial charge is 0.461 e. The number of nitrogens with zero attached hydrogens (tertiary/aromatic N) is 5. The molecule has 0 spiro atoms. The van der Waals surface area contributed by atoms with Gasteiger partial charge in [-0.25, -0.2) is 5.10 Å². The van der Waals surface area contributed by atoms with Gasteiger partial charge in [0.25, 0.3) is 5.56 Å². The summed E-state index contributed by atoms with van der Waals surface area (Å²) in [6, 6.07) is 15.1. The second-order valence-electron chi connectivity index (χ2n) is 7.08. The van der Waals surface area contributed by atoms with E-state index in [0.717, 1.165) is 43.1 Å². The van der Waals surface area contributed by atoms with Gasteiger partial charge in [0.05, 0.1) is 18.5 Å². The zero-order valence-electron chi connectivity index (χ0n) is 16.2. The van der Waals surface area contributed by atoms with E-state index in [1.54, 1.807) is 24.5 Å². The fourth-order valence-electron chi connectivity index (χ4n) is 3.61. The Morgan fingerprint density at radius 2 is 1.87 bits per heavy atom. The molecule has 0 atom stereocenters. The van der Waals surface area contributed by atoms with Gasteiger partial charge in [0.2, 0.25) is 11.7 Å². The molecule has 1 N–H and O–H groups in total. The molecule has 1 aliphatic heterocycles. The molecule has 1 aromatic carbocycles. The smallest absolute Gasteiger partial charge is 0.266 e. The summed E-state index contributed by atoms with van der Waals surface area (Å²) in [5.74, 6) is 1.60. The number of rotatable bonds is 5. The molecule has 1 aliphatic rings. The molecular weight excluding hydrogens is 384 g/mol. The molecule has 0 bridgehead atoms. The Morgan fingerprint density at radius 1 is 1.03 bits per heavy atom. The van der Waals surface area contributed by atoms with Crippen LogP contribution >= 0.6 is 0 Å². The highest BCUT2D eigenvalue weighted by molar-refractivity contribution is 5.74. The van der Waals surface area contributed by atoms with E-state index < -0.39 is 0 Å². The van der Waals surface area contributed by atoms with Crippen molar-refractivity contribution in [3.05, 3.63) is 71.0 Å². The van der Waals surface area contributed by atoms with Crippen molar-refractivity contribution in [1.82, 2.24) is 25.2 Å². The fraction of sp³-hybridized carbons (Fsp3) is 0.238. The van der Waals surface area contributed by atoms with Crippen molar-refractivity contribution >= 4 is 5.69 Å². The molecule has 0 radical (unpaired) electrons. The molecule has 0 unspecified atom stereocenters. The van der Waals surface area contributed by atoms with Gasteiger partial charge in [-0.1, -0.05) is 35.5 Å². The van der Waals surface area contributed by atoms with Gasteiger partial charge in [-0.15, -0.1) is 0 Å². The summed E-state index contributed by atoms with van der Waals surface area (Å²) in [4.78, 5) is 20.8. The standard InChI is InChI=1S/C21H20N6O3/c28-18-13-16(20(24-23-18)15-5-2-1-3-6-15)27-10-8-26(9-11-27)14-19-22-21(25-30-19)17-7-4-12-29-17/h1-7,12-13H,8-11,14H2,(H,23,28). The lowest BCUT2D eigenvalue weighted by molar-refractivity contribution is 0.215. The van der Waals surface area contributed by atoms with Gasteiger partial charge in [0.1, 0.15) is 5.69 Å². The summed E-state index contributed by atoms with van der Waals surface area (Å²) in [6.07, 6.45) is 1.58. The van der Waals surface area contributed by atoms with Gasteiger partial charge in [-0.2, -0.15) is 10.1 Å². The zero-order valence-corrected chi connectivity index (χ0v) is 16.2. The number of hydrogen-bond acceptors (Lipinski definition) is 8. The Hall–Kier alpha value is -3.72. The number of anilines is 1. The lowest BCUT2D eigenvalue weighted by Gasteiger charge is -2.35. The Bertz CT molecular complexity index is 1160. The summed E-state index contributed by atoms with van der Waals surface area (Å²) in [5.41, 5.74) is 2.40. The van der Waals surface area contributed by atoms with Crippen LogP contribution in [0.25, 0.3) is 22.8 Å². The number of aromatic amines is 1. The van der Waals surface area contributed by atoms with Crippen LogP contribution in [0.15, 0.2) is 68.5 Å². The van der Waals surface area contributed by atoms with Gasteiger partial charge in [0.15, 0.2) is 5.76 Å². The van der Waals surface area contributed by atoms with Gasteiger partial charge < -0.3 is 13.8 Å². The normalized spacial score (nSPS) is 14.9. The summed E-state index contributed by atoms with van der Waals surface area (Å²) < 4.78 is 10.7. The molecule has 9 heteroatoms. The molecule has 1 saturated heterocycles. The van der Waals surface area contributed by atoms with E-state index in [1.807, 2.05) is 30.3 Å². The third-order valence-corrected chi connectivity index (χ3v) is 5.12. The maximum Gasteiger partial charge on any atom is 0.266 e. The Morgan fingerprint density at radius 3 is 2.63 bits per heavy atom. The quantitative estimate of drug-likeness (QED) is 0.541. The Labute approximate surface area is 171 Å². The maximum atomic E-state index is 11.9. The van der Waals surface area contributed by atoms with E-state index in [-0.39, 0.29) is 5.56 Å². The summed E-state index contributed by atoms with van der Waals surface area (Å²) in [7, 11) is 0. The van der Waals surface area contributed by atoms with E-state index in [1.165, 1.54) is 0 Å². The summed E-state index contributed by atoms with van der Waals surface area (Å²) >= 11 is 0. The van der Waals surface area contributed by atoms with Crippen LogP contribution in [0.2, 0.25) is 0 Å². The molecule has 4 aromatic rings. The predicted molar refractivity (Wildman–Crippen MR) is 110 cm³/mol. The van der Waals surface area contributed by atoms with E-state index >= 15 is 0 Å². The minimum atomic E-state index is -0.205. The van der Waals surface area contributed by atoms with Crippen LogP contribution in [0.4, 0.5) is 5.69 Å². The molecule has 5 rings (SSSR count). The minimum Gasteiger partial charge on any atom is -0.461 e. The highest BCUT2D eigenvalue weighted by atomic mass is 16.5. The Balaban J connectivity index is 1.28. The van der Waals surface area contributed by atoms with E-state index in [4.69, 9.17) is 8.94 Å².